The van der Waals surface area contributed by atoms with Gasteiger partial charge < -0.3 is 51.4 Å². The van der Waals surface area contributed by atoms with Gasteiger partial charge in [0.1, 0.15) is 35.4 Å². The summed E-state index contributed by atoms with van der Waals surface area (Å²) < 4.78 is 16.6. The first-order valence-electron chi connectivity index (χ1n) is 24.6. The normalized spacial score (nSPS) is 14.1. The summed E-state index contributed by atoms with van der Waals surface area (Å²) in [5.74, 6) is -4.32. The van der Waals surface area contributed by atoms with Crippen molar-refractivity contribution in [3.05, 3.63) is 59.7 Å². The molecule has 0 spiro atoms. The largest absolute Gasteiger partial charge is 0.444 e. The van der Waals surface area contributed by atoms with Crippen LogP contribution in [-0.4, -0.2) is 121 Å². The van der Waals surface area contributed by atoms with Crippen molar-refractivity contribution >= 4 is 59.1 Å². The Labute approximate surface area is 425 Å². The molecule has 19 heteroatoms. The summed E-state index contributed by atoms with van der Waals surface area (Å²) in [6.07, 6.45) is 1.67. The van der Waals surface area contributed by atoms with Crippen molar-refractivity contribution in [2.75, 3.05) is 25.6 Å². The minimum absolute atomic E-state index is 0.0442. The van der Waals surface area contributed by atoms with E-state index in [9.17, 15) is 38.4 Å². The molecule has 2 aromatic carbocycles. The number of ether oxygens (including phenoxy) is 3. The number of Topliss-reactive ketones (excluding diaryl/α,β-unsaturated/α-hetero) is 1. The van der Waals surface area contributed by atoms with Crippen molar-refractivity contribution in [3.8, 4) is 11.1 Å². The van der Waals surface area contributed by atoms with Gasteiger partial charge in [0.2, 0.25) is 23.6 Å². The Hall–Kier alpha value is -5.75. The predicted molar refractivity (Wildman–Crippen MR) is 274 cm³/mol. The van der Waals surface area contributed by atoms with Gasteiger partial charge in [0.05, 0.1) is 18.0 Å². The van der Waals surface area contributed by atoms with E-state index in [-0.39, 0.29) is 49.9 Å². The maximum absolute atomic E-state index is 14.3. The molecule has 6 atom stereocenters. The smallest absolute Gasteiger partial charge is 0.407 e. The number of benzene rings is 2. The van der Waals surface area contributed by atoms with E-state index in [2.05, 4.69) is 56.3 Å². The molecule has 0 radical (unpaired) electrons. The first-order chi connectivity index (χ1) is 33.2. The Morgan fingerprint density at radius 2 is 1.10 bits per heavy atom. The second kappa shape index (κ2) is 30.2. The number of alkyl carbamates (subject to hydrolysis) is 2. The number of ketones is 1. The van der Waals surface area contributed by atoms with Crippen LogP contribution in [0.4, 0.5) is 9.59 Å². The summed E-state index contributed by atoms with van der Waals surface area (Å²) in [6.45, 7) is 21.1. The van der Waals surface area contributed by atoms with Crippen molar-refractivity contribution < 1.29 is 52.6 Å². The summed E-state index contributed by atoms with van der Waals surface area (Å²) in [6, 6.07) is 9.10. The first-order valence-corrected chi connectivity index (χ1v) is 25.1. The lowest BCUT2D eigenvalue weighted by molar-refractivity contribution is -0.136. The average Bonchev–Trinajstić information content (AvgIpc) is 3.29. The summed E-state index contributed by atoms with van der Waals surface area (Å²) in [7, 11) is 0. The van der Waals surface area contributed by atoms with Crippen LogP contribution >= 0.6 is 11.6 Å². The number of alkyl halides is 1. The third-order valence-electron chi connectivity index (χ3n) is 10.7. The number of unbranched alkanes of at least 4 members (excludes halogenated alkanes) is 2. The fourth-order valence-electron chi connectivity index (χ4n) is 6.71. The lowest BCUT2D eigenvalue weighted by Gasteiger charge is -2.29. The summed E-state index contributed by atoms with van der Waals surface area (Å²) in [5.41, 5.74) is 1.89. The predicted octanol–water partition coefficient (Wildman–Crippen LogP) is 6.25. The monoisotopic (exact) mass is 1010 g/mol. The second-order valence-corrected chi connectivity index (χ2v) is 20.4. The molecular formula is C52H80ClN7O11. The molecule has 2 rings (SSSR count). The van der Waals surface area contributed by atoms with Crippen LogP contribution in [0.15, 0.2) is 48.5 Å². The van der Waals surface area contributed by atoms with Gasteiger partial charge in [-0.05, 0) is 136 Å². The van der Waals surface area contributed by atoms with E-state index in [1.807, 2.05) is 38.1 Å². The highest BCUT2D eigenvalue weighted by molar-refractivity contribution is 6.28. The van der Waals surface area contributed by atoms with Crippen LogP contribution in [0.2, 0.25) is 0 Å². The van der Waals surface area contributed by atoms with Crippen molar-refractivity contribution in [1.82, 2.24) is 37.2 Å². The molecule has 18 nitrogen and oxygen atoms in total. The van der Waals surface area contributed by atoms with E-state index in [1.165, 1.54) is 19.4 Å². The molecule has 0 aliphatic heterocycles. The molecule has 2 aromatic rings. The van der Waals surface area contributed by atoms with Gasteiger partial charge in [-0.2, -0.15) is 0 Å². The number of amides is 7. The maximum Gasteiger partial charge on any atom is 0.407 e. The Morgan fingerprint density at radius 3 is 1.63 bits per heavy atom. The minimum atomic E-state index is -1.40. The number of halogens is 1. The standard InChI is InChI=1S/C52H80ClN7O11/c1-13-14-17-36-19-21-37(22-20-36)38-23-25-39(26-24-38)45(63)59-41(27-29-55-50(68)71-52(10,11)12)47(65)60-43(35(6)69-31-32(2)3)48(66)57-34(5)44(62)58-40(46(64)56-33(4)42(61)30-53)18-15-16-28-54-49(67)70-51(7,8)9/h19-26,32-35,40-41,43H,13-18,27-31H2,1-12H3,(H,54,67)(H,55,68)(H,56,64)(H,57,66)(H,58,62)(H,59,63)(H,60,65)/t33-,34-,35+,40-,41-,43-/m0/s1. The third kappa shape index (κ3) is 24.3. The molecule has 0 saturated carbocycles. The summed E-state index contributed by atoms with van der Waals surface area (Å²) in [5, 5.41) is 18.6. The van der Waals surface area contributed by atoms with Crippen LogP contribution in [0.1, 0.15) is 138 Å². The Balaban J connectivity index is 2.33. The molecule has 0 aromatic heterocycles. The van der Waals surface area contributed by atoms with Crippen molar-refractivity contribution in [1.29, 1.82) is 0 Å². The van der Waals surface area contributed by atoms with Gasteiger partial charge in [0.15, 0.2) is 5.78 Å². The lowest BCUT2D eigenvalue weighted by Crippen LogP contribution is -2.61. The van der Waals surface area contributed by atoms with Crippen LogP contribution in [0.25, 0.3) is 11.1 Å². The van der Waals surface area contributed by atoms with Gasteiger partial charge in [-0.3, -0.25) is 28.8 Å². The van der Waals surface area contributed by atoms with Gasteiger partial charge >= 0.3 is 12.2 Å². The highest BCUT2D eigenvalue weighted by Crippen LogP contribution is 2.21. The van der Waals surface area contributed by atoms with Crippen LogP contribution < -0.4 is 37.2 Å². The molecule has 0 aliphatic carbocycles. The number of hydrogen-bond acceptors (Lipinski definition) is 11. The topological polar surface area (TPSA) is 248 Å². The fraction of sp³-hybridized carbons (Fsp3) is 0.615. The molecule has 0 heterocycles. The molecule has 7 amide bonds. The SMILES string of the molecule is CCCCc1ccc(-c2ccc(C(=O)N[C@@H](CCNC(=O)OC(C)(C)C)C(=O)N[C@H](C(=O)N[C@@H](C)C(=O)N[C@@H](CCCCNC(=O)OC(C)(C)C)C(=O)N[C@@H](C)C(=O)CCl)[C@@H](C)OCC(C)C)cc2)cc1. The first kappa shape index (κ1) is 61.4. The average molecular weight is 1010 g/mol. The van der Waals surface area contributed by atoms with Crippen LogP contribution in [0, 0.1) is 5.92 Å². The van der Waals surface area contributed by atoms with Gasteiger partial charge in [-0.25, -0.2) is 9.59 Å². The molecule has 0 saturated heterocycles. The second-order valence-electron chi connectivity index (χ2n) is 20.1. The Bertz CT molecular complexity index is 2050. The molecular weight excluding hydrogens is 934 g/mol. The fourth-order valence-corrected chi connectivity index (χ4v) is 6.95. The summed E-state index contributed by atoms with van der Waals surface area (Å²) >= 11 is 5.71. The third-order valence-corrected chi connectivity index (χ3v) is 10.9. The minimum Gasteiger partial charge on any atom is -0.444 e. The quantitative estimate of drug-likeness (QED) is 0.0371. The van der Waals surface area contributed by atoms with Gasteiger partial charge in [0.25, 0.3) is 5.91 Å². The molecule has 0 unspecified atom stereocenters. The van der Waals surface area contributed by atoms with E-state index in [1.54, 1.807) is 60.6 Å². The lowest BCUT2D eigenvalue weighted by atomic mass is 10.0. The number of aryl methyl sites for hydroxylation is 1. The van der Waals surface area contributed by atoms with Gasteiger partial charge in [-0.15, -0.1) is 11.6 Å². The van der Waals surface area contributed by atoms with Crippen molar-refractivity contribution in [2.45, 2.75) is 176 Å². The number of hydrogen-bond donors (Lipinski definition) is 7. The van der Waals surface area contributed by atoms with Crippen molar-refractivity contribution in [2.24, 2.45) is 5.92 Å². The Morgan fingerprint density at radius 1 is 0.577 bits per heavy atom. The molecule has 0 aliphatic rings. The maximum atomic E-state index is 14.3. The molecule has 71 heavy (non-hydrogen) atoms. The van der Waals surface area contributed by atoms with Gasteiger partial charge in [0, 0.05) is 25.3 Å². The van der Waals surface area contributed by atoms with Crippen LogP contribution in [-0.2, 0) is 44.6 Å². The number of nitrogens with one attached hydrogen (secondary N) is 7. The number of carbonyl (C=O) groups is 8. The molecule has 0 fully saturated rings. The zero-order valence-electron chi connectivity index (χ0n) is 43.8. The van der Waals surface area contributed by atoms with E-state index in [4.69, 9.17) is 25.8 Å². The molecule has 0 bridgehead atoms. The van der Waals surface area contributed by atoms with E-state index < -0.39 is 95.0 Å². The van der Waals surface area contributed by atoms with Gasteiger partial charge in [-0.1, -0.05) is 63.6 Å². The zero-order chi connectivity index (χ0) is 53.5. The molecule has 396 valence electrons. The van der Waals surface area contributed by atoms with E-state index in [0.29, 0.717) is 12.8 Å². The van der Waals surface area contributed by atoms with E-state index in [0.717, 1.165) is 30.4 Å². The highest BCUT2D eigenvalue weighted by atomic mass is 35.5. The highest BCUT2D eigenvalue weighted by Gasteiger charge is 2.34. The zero-order valence-corrected chi connectivity index (χ0v) is 44.6. The Kier molecular flexibility index (Phi) is 26.1. The number of carbonyl (C=O) groups excluding carboxylic acids is 8. The number of rotatable bonds is 28. The van der Waals surface area contributed by atoms with Crippen molar-refractivity contribution in [3.63, 3.8) is 0 Å². The van der Waals surface area contributed by atoms with Crippen LogP contribution in [0.5, 0.6) is 0 Å². The van der Waals surface area contributed by atoms with E-state index >= 15 is 0 Å². The molecule has 7 N–H and O–H groups in total. The summed E-state index contributed by atoms with van der Waals surface area (Å²) in [4.78, 5) is 106. The van der Waals surface area contributed by atoms with Crippen LogP contribution in [0.3, 0.4) is 0 Å².